The Bertz CT molecular complexity index is 648. The van der Waals surface area contributed by atoms with E-state index >= 15 is 0 Å². The van der Waals surface area contributed by atoms with Crippen molar-refractivity contribution in [3.05, 3.63) is 0 Å². The van der Waals surface area contributed by atoms with Gasteiger partial charge in [0, 0.05) is 25.2 Å². The second-order valence-electron chi connectivity index (χ2n) is 8.93. The molecule has 6 nitrogen and oxygen atoms in total. The van der Waals surface area contributed by atoms with E-state index in [1.807, 2.05) is 20.3 Å². The van der Waals surface area contributed by atoms with Crippen molar-refractivity contribution in [1.29, 1.82) is 0 Å². The molecule has 10 atom stereocenters. The van der Waals surface area contributed by atoms with E-state index in [-0.39, 0.29) is 42.4 Å². The highest BCUT2D eigenvalue weighted by molar-refractivity contribution is 7.64. The normalized spacial score (nSPS) is 57.4. The van der Waals surface area contributed by atoms with Crippen LogP contribution in [0.15, 0.2) is 0 Å². The van der Waals surface area contributed by atoms with Crippen LogP contribution in [0.1, 0.15) is 34.6 Å². The number of hydrogen-bond acceptors (Lipinski definition) is 6. The van der Waals surface area contributed by atoms with Gasteiger partial charge in [-0.3, -0.25) is 0 Å². The minimum Gasteiger partial charge on any atom is -0.370 e. The number of fused-ring (bicyclic) bond motifs is 2. The van der Waals surface area contributed by atoms with Gasteiger partial charge in [-0.1, -0.05) is 26.4 Å². The minimum atomic E-state index is -2.31. The fraction of sp³-hybridized carbons (Fsp3) is 0.895. The second kappa shape index (κ2) is 7.56. The summed E-state index contributed by atoms with van der Waals surface area (Å²) in [7, 11) is -4.63. The Morgan fingerprint density at radius 2 is 1.52 bits per heavy atom. The fourth-order valence-electron chi connectivity index (χ4n) is 4.16. The van der Waals surface area contributed by atoms with Crippen LogP contribution in [0.5, 0.6) is 0 Å². The fourth-order valence-corrected chi connectivity index (χ4v) is 7.01. The van der Waals surface area contributed by atoms with E-state index in [0.29, 0.717) is 13.2 Å². The Morgan fingerprint density at radius 1 is 0.889 bits per heavy atom. The molecule has 3 aliphatic rings. The third-order valence-corrected chi connectivity index (χ3v) is 8.84. The summed E-state index contributed by atoms with van der Waals surface area (Å²) in [5.41, 5.74) is -0.590. The third-order valence-electron chi connectivity index (χ3n) is 6.11. The summed E-state index contributed by atoms with van der Waals surface area (Å²) in [5, 5.41) is 0. The van der Waals surface area contributed by atoms with Gasteiger partial charge >= 0.3 is 0 Å². The van der Waals surface area contributed by atoms with Gasteiger partial charge in [-0.2, -0.15) is 0 Å². The molecule has 158 valence electrons. The van der Waals surface area contributed by atoms with Gasteiger partial charge < -0.3 is 27.6 Å². The van der Waals surface area contributed by atoms with Crippen molar-refractivity contribution in [2.24, 2.45) is 11.8 Å². The summed E-state index contributed by atoms with van der Waals surface area (Å²) in [6, 6.07) is 0. The van der Waals surface area contributed by atoms with Crippen LogP contribution in [0.4, 0.5) is 0 Å². The highest BCUT2D eigenvalue weighted by Crippen LogP contribution is 2.55. The van der Waals surface area contributed by atoms with Gasteiger partial charge in [0.1, 0.15) is 32.5 Å². The zero-order chi connectivity index (χ0) is 20.2. The van der Waals surface area contributed by atoms with Gasteiger partial charge in [-0.05, 0) is 20.8 Å². The Hall–Kier alpha value is 0.360. The molecule has 0 aromatic rings. The number of hydrogen-bond donors (Lipinski definition) is 0. The van der Waals surface area contributed by atoms with E-state index in [1.54, 1.807) is 0 Å². The zero-order valence-corrected chi connectivity index (χ0v) is 19.5. The van der Waals surface area contributed by atoms with Gasteiger partial charge in [0.05, 0.1) is 31.5 Å². The molecule has 0 aliphatic carbocycles. The molecule has 8 heteroatoms. The van der Waals surface area contributed by atoms with Gasteiger partial charge in [0.2, 0.25) is 0 Å². The largest absolute Gasteiger partial charge is 0.370 e. The van der Waals surface area contributed by atoms with Crippen LogP contribution in [-0.2, 0) is 27.6 Å². The number of rotatable bonds is 0. The van der Waals surface area contributed by atoms with Crippen LogP contribution < -0.4 is 0 Å². The molecule has 0 saturated carbocycles. The average Bonchev–Trinajstić information content (AvgIpc) is 2.93. The van der Waals surface area contributed by atoms with Crippen molar-refractivity contribution >= 4 is 27.3 Å². The maximum atomic E-state index is 6.46. The Kier molecular flexibility index (Phi) is 6.17. The van der Waals surface area contributed by atoms with Crippen LogP contribution in [-0.4, -0.2) is 75.3 Å². The molecule has 3 fully saturated rings. The highest BCUT2D eigenvalue weighted by atomic mass is 31.2. The summed E-state index contributed by atoms with van der Waals surface area (Å²) >= 11 is 0. The summed E-state index contributed by atoms with van der Waals surface area (Å²) in [4.78, 5) is 0. The minimum absolute atomic E-state index is 0.0626. The molecular formula is C19H36O6P2. The highest BCUT2D eigenvalue weighted by Gasteiger charge is 2.52. The van der Waals surface area contributed by atoms with Crippen molar-refractivity contribution in [2.45, 2.75) is 70.7 Å². The lowest BCUT2D eigenvalue weighted by atomic mass is 9.92. The molecule has 3 rings (SSSR count). The molecule has 27 heavy (non-hydrogen) atoms. The first-order valence-electron chi connectivity index (χ1n) is 9.74. The molecule has 0 aromatic heterocycles. The van der Waals surface area contributed by atoms with Gasteiger partial charge in [0.25, 0.3) is 0 Å². The van der Waals surface area contributed by atoms with E-state index in [2.05, 4.69) is 40.3 Å². The smallest absolute Gasteiger partial charge is 0.116 e. The zero-order valence-electron chi connectivity index (χ0n) is 17.7. The molecule has 10 unspecified atom stereocenters. The van der Waals surface area contributed by atoms with Crippen molar-refractivity contribution in [3.8, 4) is 0 Å². The molecule has 3 aliphatic heterocycles. The van der Waals surface area contributed by atoms with E-state index < -0.39 is 20.3 Å². The maximum Gasteiger partial charge on any atom is 0.116 e. The van der Waals surface area contributed by atoms with Crippen LogP contribution in [0.3, 0.4) is 0 Å². The second-order valence-corrected chi connectivity index (χ2v) is 13.9. The van der Waals surface area contributed by atoms with E-state index in [9.17, 15) is 0 Å². The summed E-state index contributed by atoms with van der Waals surface area (Å²) in [6.07, 6.45) is 8.20. The molecule has 3 heterocycles. The van der Waals surface area contributed by atoms with E-state index in [1.165, 1.54) is 0 Å². The molecular weight excluding hydrogens is 386 g/mol. The van der Waals surface area contributed by atoms with Crippen LogP contribution in [0, 0.1) is 11.8 Å². The summed E-state index contributed by atoms with van der Waals surface area (Å²) in [5.74, 6) is 0.435. The monoisotopic (exact) mass is 422 g/mol. The molecule has 3 saturated heterocycles. The average molecular weight is 422 g/mol. The van der Waals surface area contributed by atoms with E-state index in [0.717, 1.165) is 0 Å². The SMILES string of the molecule is C=P1(C)OCC2(C)OC(C)C(C)C2OP(=C)(C)OCC2OC(C)C(C)C2O1. The van der Waals surface area contributed by atoms with Crippen LogP contribution in [0.25, 0.3) is 0 Å². The lowest BCUT2D eigenvalue weighted by Crippen LogP contribution is -2.44. The lowest BCUT2D eigenvalue weighted by Gasteiger charge is -2.38. The predicted octanol–water partition coefficient (Wildman–Crippen LogP) is 3.86. The number of ether oxygens (including phenoxy) is 2. The maximum absolute atomic E-state index is 6.46. The van der Waals surface area contributed by atoms with Crippen molar-refractivity contribution in [3.63, 3.8) is 0 Å². The van der Waals surface area contributed by atoms with Crippen molar-refractivity contribution < 1.29 is 27.6 Å². The molecule has 0 aromatic carbocycles. The predicted molar refractivity (Wildman–Crippen MR) is 113 cm³/mol. The van der Waals surface area contributed by atoms with Gasteiger partial charge in [0.15, 0.2) is 0 Å². The Morgan fingerprint density at radius 3 is 2.19 bits per heavy atom. The lowest BCUT2D eigenvalue weighted by molar-refractivity contribution is -0.0879. The molecule has 0 spiro atoms. The summed E-state index contributed by atoms with van der Waals surface area (Å²) in [6.45, 7) is 15.1. The third kappa shape index (κ3) is 4.59. The Balaban J connectivity index is 1.90. The topological polar surface area (TPSA) is 55.4 Å². The molecule has 0 N–H and O–H groups in total. The van der Waals surface area contributed by atoms with Crippen LogP contribution in [0.2, 0.25) is 0 Å². The first-order chi connectivity index (χ1) is 12.3. The van der Waals surface area contributed by atoms with Crippen molar-refractivity contribution in [2.75, 3.05) is 26.5 Å². The summed E-state index contributed by atoms with van der Waals surface area (Å²) < 4.78 is 37.7. The first kappa shape index (κ1) is 22.1. The van der Waals surface area contributed by atoms with E-state index in [4.69, 9.17) is 27.6 Å². The van der Waals surface area contributed by atoms with Crippen molar-refractivity contribution in [1.82, 2.24) is 0 Å². The Labute approximate surface area is 164 Å². The molecule has 0 amide bonds. The van der Waals surface area contributed by atoms with Gasteiger partial charge in [-0.15, -0.1) is 0 Å². The van der Waals surface area contributed by atoms with Crippen LogP contribution >= 0.6 is 14.7 Å². The first-order valence-corrected chi connectivity index (χ1v) is 14.3. The standard InChI is InChI=1S/C19H36O6P2/c1-12-14(3)22-16-10-20-26(6,7)25-18-13(2)15(4)23-19(18,5)11-21-27(8,9)24-17(12)16/h12-18H,6,8,10-11H2,1-5,7,9H3. The van der Waals surface area contributed by atoms with Gasteiger partial charge in [-0.25, -0.2) is 0 Å². The quantitative estimate of drug-likeness (QED) is 0.553. The molecule has 0 bridgehead atoms. The molecule has 0 radical (unpaired) electrons.